The predicted octanol–water partition coefficient (Wildman–Crippen LogP) is 3.80. The lowest BCUT2D eigenvalue weighted by molar-refractivity contribution is -0.383. The molecule has 2 aliphatic rings. The van der Waals surface area contributed by atoms with Crippen molar-refractivity contribution in [2.45, 2.75) is 45.4 Å². The van der Waals surface area contributed by atoms with Gasteiger partial charge in [0.2, 0.25) is 11.8 Å². The van der Waals surface area contributed by atoms with Crippen LogP contribution in [0.25, 0.3) is 0 Å². The number of nitrogens with zero attached hydrogens (tertiary/aromatic N) is 2. The van der Waals surface area contributed by atoms with E-state index < -0.39 is 4.92 Å². The Balaban J connectivity index is 1.74. The molecule has 7 nitrogen and oxygen atoms in total. The number of carbonyl (C=O) groups is 2. The molecule has 1 fully saturated rings. The van der Waals surface area contributed by atoms with E-state index in [1.165, 1.54) is 24.5 Å². The molecule has 0 bridgehead atoms. The predicted molar refractivity (Wildman–Crippen MR) is 99.0 cm³/mol. The average Bonchev–Trinajstić information content (AvgIpc) is 2.88. The highest BCUT2D eigenvalue weighted by atomic mass is 16.6. The van der Waals surface area contributed by atoms with Gasteiger partial charge in [-0.15, -0.1) is 0 Å². The lowest BCUT2D eigenvalue weighted by atomic mass is 9.97. The Hall–Kier alpha value is -2.70. The average molecular weight is 357 g/mol. The molecule has 7 heteroatoms. The van der Waals surface area contributed by atoms with E-state index >= 15 is 0 Å². The van der Waals surface area contributed by atoms with Crippen molar-refractivity contribution in [2.75, 3.05) is 16.8 Å². The molecule has 1 aromatic carbocycles. The van der Waals surface area contributed by atoms with Gasteiger partial charge in [0.25, 0.3) is 5.69 Å². The van der Waals surface area contributed by atoms with Crippen molar-refractivity contribution in [1.29, 1.82) is 0 Å². The van der Waals surface area contributed by atoms with Crippen LogP contribution in [0.3, 0.4) is 0 Å². The summed E-state index contributed by atoms with van der Waals surface area (Å²) in [5.74, 6) is -1.01. The van der Waals surface area contributed by atoms with Crippen LogP contribution >= 0.6 is 0 Å². The number of nitro groups is 1. The number of rotatable bonds is 6. The van der Waals surface area contributed by atoms with E-state index in [1.807, 2.05) is 0 Å². The number of hydrogen-bond donors (Lipinski definition) is 1. The first-order valence-corrected chi connectivity index (χ1v) is 9.04. The fraction of sp³-hybridized carbons (Fsp3) is 0.474. The van der Waals surface area contributed by atoms with E-state index in [2.05, 4.69) is 11.4 Å². The first-order valence-electron chi connectivity index (χ1n) is 9.04. The maximum Gasteiger partial charge on any atom is 0.294 e. The highest BCUT2D eigenvalue weighted by Gasteiger charge is 2.37. The largest absolute Gasteiger partial charge is 0.379 e. The van der Waals surface area contributed by atoms with Crippen molar-refractivity contribution in [3.63, 3.8) is 0 Å². The molecule has 138 valence electrons. The van der Waals surface area contributed by atoms with Crippen molar-refractivity contribution in [2.24, 2.45) is 5.92 Å². The molecule has 1 aliphatic heterocycles. The van der Waals surface area contributed by atoms with Crippen LogP contribution in [0.5, 0.6) is 0 Å². The SMILES string of the molecule is C[C@H]1CC(=O)N(c2ccc(NCCC3=CCCCC3)c([N+](=O)[O-])c2)C1=O. The van der Waals surface area contributed by atoms with Gasteiger partial charge in [0, 0.05) is 24.9 Å². The van der Waals surface area contributed by atoms with Crippen molar-refractivity contribution in [1.82, 2.24) is 0 Å². The van der Waals surface area contributed by atoms with Gasteiger partial charge in [-0.1, -0.05) is 18.6 Å². The molecular weight excluding hydrogens is 334 g/mol. The smallest absolute Gasteiger partial charge is 0.294 e. The number of hydrogen-bond acceptors (Lipinski definition) is 5. The Morgan fingerprint density at radius 2 is 2.12 bits per heavy atom. The van der Waals surface area contributed by atoms with Gasteiger partial charge in [0.15, 0.2) is 0 Å². The molecule has 1 aliphatic carbocycles. The minimum absolute atomic E-state index is 0.125. The van der Waals surface area contributed by atoms with Crippen LogP contribution in [-0.2, 0) is 9.59 Å². The molecule has 1 heterocycles. The molecular formula is C19H23N3O4. The van der Waals surface area contributed by atoms with Crippen LogP contribution < -0.4 is 10.2 Å². The van der Waals surface area contributed by atoms with Crippen LogP contribution in [0.2, 0.25) is 0 Å². The molecule has 1 atom stereocenters. The summed E-state index contributed by atoms with van der Waals surface area (Å²) in [6.45, 7) is 2.30. The molecule has 0 aromatic heterocycles. The number of amides is 2. The summed E-state index contributed by atoms with van der Waals surface area (Å²) in [6, 6.07) is 4.46. The monoisotopic (exact) mass is 357 g/mol. The Kier molecular flexibility index (Phi) is 5.35. The van der Waals surface area contributed by atoms with Crippen molar-refractivity contribution in [3.8, 4) is 0 Å². The molecule has 0 radical (unpaired) electrons. The topological polar surface area (TPSA) is 92.6 Å². The zero-order valence-corrected chi connectivity index (χ0v) is 14.9. The summed E-state index contributed by atoms with van der Waals surface area (Å²) >= 11 is 0. The Bertz CT molecular complexity index is 772. The molecule has 0 saturated carbocycles. The second-order valence-electron chi connectivity index (χ2n) is 6.92. The van der Waals surface area contributed by atoms with E-state index in [0.717, 1.165) is 24.2 Å². The second-order valence-corrected chi connectivity index (χ2v) is 6.92. The minimum Gasteiger partial charge on any atom is -0.379 e. The van der Waals surface area contributed by atoms with Gasteiger partial charge < -0.3 is 5.32 Å². The Morgan fingerprint density at radius 1 is 1.31 bits per heavy atom. The molecule has 0 unspecified atom stereocenters. The third-order valence-electron chi connectivity index (χ3n) is 4.95. The maximum atomic E-state index is 12.1. The van der Waals surface area contributed by atoms with Crippen LogP contribution in [-0.4, -0.2) is 23.3 Å². The van der Waals surface area contributed by atoms with Gasteiger partial charge in [-0.2, -0.15) is 0 Å². The van der Waals surface area contributed by atoms with Crippen molar-refractivity contribution < 1.29 is 14.5 Å². The molecule has 0 spiro atoms. The van der Waals surface area contributed by atoms with Crippen molar-refractivity contribution >= 4 is 28.9 Å². The fourth-order valence-corrected chi connectivity index (χ4v) is 3.50. The lowest BCUT2D eigenvalue weighted by Gasteiger charge is -2.16. The number of nitrogens with one attached hydrogen (secondary N) is 1. The summed E-state index contributed by atoms with van der Waals surface area (Å²) < 4.78 is 0. The lowest BCUT2D eigenvalue weighted by Crippen LogP contribution is -2.30. The minimum atomic E-state index is -0.486. The van der Waals surface area contributed by atoms with E-state index in [0.29, 0.717) is 12.2 Å². The molecule has 2 amide bonds. The fourth-order valence-electron chi connectivity index (χ4n) is 3.50. The number of nitro benzene ring substituents is 1. The van der Waals surface area contributed by atoms with Gasteiger partial charge in [-0.3, -0.25) is 24.6 Å². The number of anilines is 2. The highest BCUT2D eigenvalue weighted by molar-refractivity contribution is 6.21. The Labute approximate surface area is 152 Å². The molecule has 1 saturated heterocycles. The van der Waals surface area contributed by atoms with Gasteiger partial charge >= 0.3 is 0 Å². The number of imide groups is 1. The van der Waals surface area contributed by atoms with Crippen LogP contribution in [0.1, 0.15) is 45.4 Å². The standard InChI is InChI=1S/C19H23N3O4/c1-13-11-18(23)21(19(13)24)15-7-8-16(17(12-15)22(25)26)20-10-9-14-5-3-2-4-6-14/h5,7-8,12-13,20H,2-4,6,9-11H2,1H3/t13-/m0/s1. The summed E-state index contributed by atoms with van der Waals surface area (Å²) in [5, 5.41) is 14.6. The molecule has 3 rings (SSSR count). The Morgan fingerprint density at radius 3 is 2.73 bits per heavy atom. The van der Waals surface area contributed by atoms with Gasteiger partial charge in [0.1, 0.15) is 5.69 Å². The first-order chi connectivity index (χ1) is 12.5. The molecule has 1 N–H and O–H groups in total. The van der Waals surface area contributed by atoms with Crippen LogP contribution in [0.15, 0.2) is 29.8 Å². The van der Waals surface area contributed by atoms with E-state index in [-0.39, 0.29) is 35.5 Å². The summed E-state index contributed by atoms with van der Waals surface area (Å²) in [4.78, 5) is 36.2. The van der Waals surface area contributed by atoms with Gasteiger partial charge in [-0.25, -0.2) is 0 Å². The van der Waals surface area contributed by atoms with E-state index in [9.17, 15) is 19.7 Å². The van der Waals surface area contributed by atoms with E-state index in [1.54, 1.807) is 19.1 Å². The number of benzene rings is 1. The summed E-state index contributed by atoms with van der Waals surface area (Å²) in [7, 11) is 0. The zero-order chi connectivity index (χ0) is 18.7. The van der Waals surface area contributed by atoms with Gasteiger partial charge in [0.05, 0.1) is 10.6 Å². The summed E-state index contributed by atoms with van der Waals surface area (Å²) in [5.41, 5.74) is 1.93. The number of carbonyl (C=O) groups excluding carboxylic acids is 2. The summed E-state index contributed by atoms with van der Waals surface area (Å²) in [6.07, 6.45) is 7.91. The normalized spacial score (nSPS) is 20.3. The second kappa shape index (κ2) is 7.68. The van der Waals surface area contributed by atoms with Crippen LogP contribution in [0, 0.1) is 16.0 Å². The third kappa shape index (κ3) is 3.76. The molecule has 1 aromatic rings. The molecule has 26 heavy (non-hydrogen) atoms. The number of allylic oxidation sites excluding steroid dienone is 1. The third-order valence-corrected chi connectivity index (χ3v) is 4.95. The highest BCUT2D eigenvalue weighted by Crippen LogP contribution is 2.33. The van der Waals surface area contributed by atoms with E-state index in [4.69, 9.17) is 0 Å². The van der Waals surface area contributed by atoms with Crippen LogP contribution in [0.4, 0.5) is 17.1 Å². The van der Waals surface area contributed by atoms with Gasteiger partial charge in [-0.05, 0) is 44.2 Å². The zero-order valence-electron chi connectivity index (χ0n) is 14.9. The quantitative estimate of drug-likeness (QED) is 0.362. The first kappa shape index (κ1) is 18.1. The van der Waals surface area contributed by atoms with Crippen molar-refractivity contribution in [3.05, 3.63) is 40.0 Å². The maximum absolute atomic E-state index is 12.1.